The molecule has 0 spiro atoms. The van der Waals surface area contributed by atoms with Crippen LogP contribution in [-0.4, -0.2) is 40.5 Å². The first kappa shape index (κ1) is 16.2. The summed E-state index contributed by atoms with van der Waals surface area (Å²) in [5.41, 5.74) is 0.700. The zero-order chi connectivity index (χ0) is 15.9. The minimum absolute atomic E-state index is 0.172. The Hall–Kier alpha value is -2.17. The van der Waals surface area contributed by atoms with Gasteiger partial charge in [0, 0.05) is 5.02 Å². The van der Waals surface area contributed by atoms with Gasteiger partial charge < -0.3 is 10.1 Å². The number of methoxy groups -OCH3 is 1. The summed E-state index contributed by atoms with van der Waals surface area (Å²) in [4.78, 5) is 15.8. The third kappa shape index (κ3) is 4.16. The van der Waals surface area contributed by atoms with Crippen molar-refractivity contribution < 1.29 is 9.53 Å². The van der Waals surface area contributed by atoms with Crippen LogP contribution in [-0.2, 0) is 4.79 Å². The van der Waals surface area contributed by atoms with Crippen molar-refractivity contribution in [2.24, 2.45) is 0 Å². The molecule has 0 unspecified atom stereocenters. The number of nitrogens with zero attached hydrogens (tertiary/aromatic N) is 2. The number of terminal acetylenes is 1. The lowest BCUT2D eigenvalue weighted by Gasteiger charge is -2.05. The van der Waals surface area contributed by atoms with Gasteiger partial charge in [0.2, 0.25) is 11.1 Å². The number of aromatic nitrogens is 3. The van der Waals surface area contributed by atoms with Gasteiger partial charge in [0.15, 0.2) is 5.82 Å². The van der Waals surface area contributed by atoms with Crippen LogP contribution in [0.5, 0.6) is 5.75 Å². The SMILES string of the molecule is C#CCNC(=O)CSc1n[nH]c(-c2cc(Cl)ccc2OC)n1. The minimum Gasteiger partial charge on any atom is -0.496 e. The van der Waals surface area contributed by atoms with Crippen LogP contribution in [0.2, 0.25) is 5.02 Å². The van der Waals surface area contributed by atoms with Crippen LogP contribution < -0.4 is 10.1 Å². The van der Waals surface area contributed by atoms with E-state index in [-0.39, 0.29) is 18.2 Å². The quantitative estimate of drug-likeness (QED) is 0.623. The number of carbonyl (C=O) groups excluding carboxylic acids is 1. The van der Waals surface area contributed by atoms with Gasteiger partial charge in [0.25, 0.3) is 0 Å². The molecule has 1 aromatic carbocycles. The molecule has 0 aliphatic carbocycles. The number of rotatable bonds is 6. The second-order valence-corrected chi connectivity index (χ2v) is 5.46. The number of thioether (sulfide) groups is 1. The zero-order valence-electron chi connectivity index (χ0n) is 11.7. The van der Waals surface area contributed by atoms with E-state index in [1.54, 1.807) is 25.3 Å². The number of hydrogen-bond acceptors (Lipinski definition) is 5. The van der Waals surface area contributed by atoms with E-state index in [9.17, 15) is 4.79 Å². The number of benzene rings is 1. The highest BCUT2D eigenvalue weighted by Crippen LogP contribution is 2.31. The molecule has 0 aliphatic heterocycles. The van der Waals surface area contributed by atoms with Gasteiger partial charge in [-0.25, -0.2) is 4.98 Å². The van der Waals surface area contributed by atoms with E-state index in [1.807, 2.05) is 0 Å². The summed E-state index contributed by atoms with van der Waals surface area (Å²) in [6.07, 6.45) is 5.07. The highest BCUT2D eigenvalue weighted by molar-refractivity contribution is 7.99. The predicted octanol–water partition coefficient (Wildman–Crippen LogP) is 1.98. The summed E-state index contributed by atoms with van der Waals surface area (Å²) in [5, 5.41) is 10.4. The normalized spacial score (nSPS) is 10.0. The number of nitrogens with one attached hydrogen (secondary N) is 2. The molecule has 1 amide bonds. The Morgan fingerprint density at radius 3 is 3.14 bits per heavy atom. The maximum Gasteiger partial charge on any atom is 0.231 e. The van der Waals surface area contributed by atoms with Gasteiger partial charge in [-0.15, -0.1) is 11.5 Å². The predicted molar refractivity (Wildman–Crippen MR) is 85.9 cm³/mol. The highest BCUT2D eigenvalue weighted by atomic mass is 35.5. The van der Waals surface area contributed by atoms with Gasteiger partial charge in [-0.05, 0) is 18.2 Å². The van der Waals surface area contributed by atoms with E-state index in [0.29, 0.717) is 27.3 Å². The maximum atomic E-state index is 11.5. The number of H-pyrrole nitrogens is 1. The van der Waals surface area contributed by atoms with Gasteiger partial charge in [0.05, 0.1) is 25.0 Å². The van der Waals surface area contributed by atoms with Crippen LogP contribution in [0.15, 0.2) is 23.4 Å². The van der Waals surface area contributed by atoms with Gasteiger partial charge in [-0.3, -0.25) is 9.89 Å². The smallest absolute Gasteiger partial charge is 0.231 e. The molecule has 2 rings (SSSR count). The Labute approximate surface area is 137 Å². The molecule has 2 aromatic rings. The maximum absolute atomic E-state index is 11.5. The van der Waals surface area contributed by atoms with Crippen LogP contribution in [0.25, 0.3) is 11.4 Å². The van der Waals surface area contributed by atoms with Crippen LogP contribution in [0, 0.1) is 12.3 Å². The van der Waals surface area contributed by atoms with Gasteiger partial charge in [-0.2, -0.15) is 0 Å². The first-order valence-corrected chi connectivity index (χ1v) is 7.59. The molecule has 2 N–H and O–H groups in total. The van der Waals surface area contributed by atoms with Crippen molar-refractivity contribution in [1.29, 1.82) is 0 Å². The Morgan fingerprint density at radius 1 is 1.59 bits per heavy atom. The molecule has 0 atom stereocenters. The fraction of sp³-hybridized carbons (Fsp3) is 0.214. The van der Waals surface area contributed by atoms with Crippen molar-refractivity contribution >= 4 is 29.3 Å². The highest BCUT2D eigenvalue weighted by Gasteiger charge is 2.13. The molecule has 0 bridgehead atoms. The van der Waals surface area contributed by atoms with Gasteiger partial charge in [0.1, 0.15) is 5.75 Å². The van der Waals surface area contributed by atoms with E-state index >= 15 is 0 Å². The minimum atomic E-state index is -0.172. The molecule has 0 saturated heterocycles. The molecule has 0 saturated carbocycles. The van der Waals surface area contributed by atoms with E-state index in [2.05, 4.69) is 26.4 Å². The molecule has 8 heteroatoms. The van der Waals surface area contributed by atoms with Gasteiger partial charge in [-0.1, -0.05) is 29.3 Å². The van der Waals surface area contributed by atoms with Crippen LogP contribution in [0.3, 0.4) is 0 Å². The number of halogens is 1. The number of carbonyl (C=O) groups is 1. The topological polar surface area (TPSA) is 79.9 Å². The summed E-state index contributed by atoms with van der Waals surface area (Å²) in [6.45, 7) is 0.207. The Bertz CT molecular complexity index is 711. The lowest BCUT2D eigenvalue weighted by molar-refractivity contribution is -0.118. The molecular weight excluding hydrogens is 324 g/mol. The average Bonchev–Trinajstić information content (AvgIpc) is 2.99. The van der Waals surface area contributed by atoms with E-state index in [4.69, 9.17) is 22.8 Å². The fourth-order valence-corrected chi connectivity index (χ4v) is 2.43. The van der Waals surface area contributed by atoms with Crippen molar-refractivity contribution in [3.8, 4) is 29.5 Å². The molecule has 0 aliphatic rings. The summed E-state index contributed by atoms with van der Waals surface area (Å²) in [6, 6.07) is 5.21. The largest absolute Gasteiger partial charge is 0.496 e. The molecule has 1 heterocycles. The third-order valence-electron chi connectivity index (χ3n) is 2.60. The second kappa shape index (κ2) is 7.73. The average molecular weight is 337 g/mol. The Kier molecular flexibility index (Phi) is 5.69. The van der Waals surface area contributed by atoms with Gasteiger partial charge >= 0.3 is 0 Å². The molecule has 22 heavy (non-hydrogen) atoms. The van der Waals surface area contributed by atoms with Crippen LogP contribution in [0.1, 0.15) is 0 Å². The molecule has 0 fully saturated rings. The summed E-state index contributed by atoms with van der Waals surface area (Å²) < 4.78 is 5.27. The first-order chi connectivity index (χ1) is 10.6. The first-order valence-electron chi connectivity index (χ1n) is 6.23. The third-order valence-corrected chi connectivity index (χ3v) is 3.68. The Balaban J connectivity index is 2.07. The van der Waals surface area contributed by atoms with E-state index in [1.165, 1.54) is 11.8 Å². The molecule has 6 nitrogen and oxygen atoms in total. The van der Waals surface area contributed by atoms with Crippen LogP contribution in [0.4, 0.5) is 0 Å². The van der Waals surface area contributed by atoms with E-state index < -0.39 is 0 Å². The molecular formula is C14H13ClN4O2S. The number of hydrogen-bond donors (Lipinski definition) is 2. The number of amides is 1. The van der Waals surface area contributed by atoms with E-state index in [0.717, 1.165) is 0 Å². The standard InChI is InChI=1S/C14H13ClN4O2S/c1-3-6-16-12(20)8-22-14-17-13(18-19-14)10-7-9(15)4-5-11(10)21-2/h1,4-5,7H,6,8H2,2H3,(H,16,20)(H,17,18,19). The fourth-order valence-electron chi connectivity index (χ4n) is 1.63. The van der Waals surface area contributed by atoms with Crippen molar-refractivity contribution in [3.63, 3.8) is 0 Å². The Morgan fingerprint density at radius 2 is 2.41 bits per heavy atom. The van der Waals surface area contributed by atoms with Crippen molar-refractivity contribution in [3.05, 3.63) is 23.2 Å². The van der Waals surface area contributed by atoms with Crippen molar-refractivity contribution in [2.75, 3.05) is 19.4 Å². The van der Waals surface area contributed by atoms with Crippen molar-refractivity contribution in [2.45, 2.75) is 5.16 Å². The van der Waals surface area contributed by atoms with Crippen LogP contribution >= 0.6 is 23.4 Å². The summed E-state index contributed by atoms with van der Waals surface area (Å²) in [7, 11) is 1.56. The molecule has 1 aromatic heterocycles. The molecule has 114 valence electrons. The second-order valence-electron chi connectivity index (χ2n) is 4.08. The monoisotopic (exact) mass is 336 g/mol. The summed E-state index contributed by atoms with van der Waals surface area (Å²) >= 11 is 7.19. The molecule has 0 radical (unpaired) electrons. The number of aromatic amines is 1. The van der Waals surface area contributed by atoms with Crippen molar-refractivity contribution in [1.82, 2.24) is 20.5 Å². The summed E-state index contributed by atoms with van der Waals surface area (Å²) in [5.74, 6) is 3.50. The zero-order valence-corrected chi connectivity index (χ0v) is 13.3. The lowest BCUT2D eigenvalue weighted by atomic mass is 10.2. The number of ether oxygens (including phenoxy) is 1. The lowest BCUT2D eigenvalue weighted by Crippen LogP contribution is -2.25.